The molecule has 6 heteroatoms. The van der Waals surface area contributed by atoms with Gasteiger partial charge in [-0.25, -0.2) is 4.79 Å². The fraction of sp³-hybridized carbons (Fsp3) is 0.600. The van der Waals surface area contributed by atoms with Crippen LogP contribution in [0.25, 0.3) is 0 Å². The average Bonchev–Trinajstić information content (AvgIpc) is 2.91. The van der Waals surface area contributed by atoms with E-state index in [1.165, 1.54) is 10.6 Å². The Morgan fingerprint density at radius 3 is 2.57 bits per heavy atom. The highest BCUT2D eigenvalue weighted by molar-refractivity contribution is 5.87. The van der Waals surface area contributed by atoms with Crippen LogP contribution in [0.3, 0.4) is 0 Å². The zero-order valence-electron chi connectivity index (χ0n) is 12.9. The van der Waals surface area contributed by atoms with Crippen LogP contribution in [0.15, 0.2) is 18.3 Å². The number of aromatic carboxylic acids is 1. The molecule has 118 valence electrons. The molecule has 1 amide bonds. The molecule has 21 heavy (non-hydrogen) atoms. The van der Waals surface area contributed by atoms with Crippen molar-refractivity contribution in [2.45, 2.75) is 39.3 Å². The van der Waals surface area contributed by atoms with Crippen LogP contribution in [0, 0.1) is 0 Å². The zero-order valence-corrected chi connectivity index (χ0v) is 12.9. The van der Waals surface area contributed by atoms with Gasteiger partial charge < -0.3 is 19.3 Å². The maximum Gasteiger partial charge on any atom is 0.352 e. The number of aromatic nitrogens is 1. The Morgan fingerprint density at radius 1 is 1.38 bits per heavy atom. The minimum absolute atomic E-state index is 0.0366. The van der Waals surface area contributed by atoms with Crippen LogP contribution in [0.4, 0.5) is 0 Å². The molecule has 0 aliphatic carbocycles. The molecule has 1 N–H and O–H groups in total. The van der Waals surface area contributed by atoms with Crippen LogP contribution in [0.5, 0.6) is 0 Å². The first kappa shape index (κ1) is 17.2. The summed E-state index contributed by atoms with van der Waals surface area (Å²) in [5.41, 5.74) is 0.125. The topological polar surface area (TPSA) is 71.8 Å². The third kappa shape index (κ3) is 4.60. The fourth-order valence-corrected chi connectivity index (χ4v) is 2.41. The van der Waals surface area contributed by atoms with E-state index in [1.54, 1.807) is 24.3 Å². The van der Waals surface area contributed by atoms with Crippen LogP contribution >= 0.6 is 0 Å². The zero-order chi connectivity index (χ0) is 15.8. The number of carbonyl (C=O) groups excluding carboxylic acids is 1. The quantitative estimate of drug-likeness (QED) is 0.755. The van der Waals surface area contributed by atoms with Gasteiger partial charge in [0.2, 0.25) is 5.91 Å². The average molecular weight is 296 g/mol. The number of carboxylic acid groups (broad SMARTS) is 1. The van der Waals surface area contributed by atoms with Gasteiger partial charge in [-0.05, 0) is 25.0 Å². The van der Waals surface area contributed by atoms with Crippen LogP contribution in [0.2, 0.25) is 0 Å². The monoisotopic (exact) mass is 296 g/mol. The van der Waals surface area contributed by atoms with Crippen LogP contribution < -0.4 is 0 Å². The molecule has 0 saturated carbocycles. The molecule has 0 fully saturated rings. The minimum Gasteiger partial charge on any atom is -0.477 e. The van der Waals surface area contributed by atoms with Gasteiger partial charge in [0.05, 0.1) is 6.61 Å². The Kier molecular flexibility index (Phi) is 6.94. The largest absolute Gasteiger partial charge is 0.477 e. The first-order valence-corrected chi connectivity index (χ1v) is 7.21. The van der Waals surface area contributed by atoms with E-state index in [9.17, 15) is 9.59 Å². The SMILES string of the molecule is CCC(CC)N(CCOC)C(=O)Cn1cccc1C(=O)O. The third-order valence-corrected chi connectivity index (χ3v) is 3.59. The number of nitrogens with zero attached hydrogens (tertiary/aromatic N) is 2. The number of hydrogen-bond donors (Lipinski definition) is 1. The number of rotatable bonds is 9. The van der Waals surface area contributed by atoms with E-state index in [-0.39, 0.29) is 24.2 Å². The lowest BCUT2D eigenvalue weighted by Gasteiger charge is -2.30. The number of hydrogen-bond acceptors (Lipinski definition) is 3. The van der Waals surface area contributed by atoms with Crippen molar-refractivity contribution in [1.29, 1.82) is 0 Å². The highest BCUT2D eigenvalue weighted by Crippen LogP contribution is 2.11. The lowest BCUT2D eigenvalue weighted by Crippen LogP contribution is -2.43. The number of ether oxygens (including phenoxy) is 1. The fourth-order valence-electron chi connectivity index (χ4n) is 2.41. The first-order valence-electron chi connectivity index (χ1n) is 7.21. The molecular weight excluding hydrogens is 272 g/mol. The van der Waals surface area contributed by atoms with Gasteiger partial charge in [0.1, 0.15) is 12.2 Å². The van der Waals surface area contributed by atoms with Gasteiger partial charge in [0.15, 0.2) is 0 Å². The van der Waals surface area contributed by atoms with Gasteiger partial charge in [0.25, 0.3) is 0 Å². The van der Waals surface area contributed by atoms with Gasteiger partial charge >= 0.3 is 5.97 Å². The van der Waals surface area contributed by atoms with E-state index in [0.29, 0.717) is 13.2 Å². The van der Waals surface area contributed by atoms with Crippen molar-refractivity contribution < 1.29 is 19.4 Å². The summed E-state index contributed by atoms with van der Waals surface area (Å²) in [6, 6.07) is 3.27. The molecule has 6 nitrogen and oxygen atoms in total. The maximum atomic E-state index is 12.5. The lowest BCUT2D eigenvalue weighted by molar-refractivity contribution is -0.135. The smallest absolute Gasteiger partial charge is 0.352 e. The first-order chi connectivity index (χ1) is 10.0. The lowest BCUT2D eigenvalue weighted by atomic mass is 10.1. The molecule has 0 aliphatic rings. The second-order valence-corrected chi connectivity index (χ2v) is 4.88. The Hall–Kier alpha value is -1.82. The highest BCUT2D eigenvalue weighted by atomic mass is 16.5. The van der Waals surface area contributed by atoms with E-state index >= 15 is 0 Å². The molecule has 1 aromatic rings. The molecule has 0 aliphatic heterocycles. The predicted molar refractivity (Wildman–Crippen MR) is 79.4 cm³/mol. The molecule has 0 atom stereocenters. The molecular formula is C15H24N2O4. The Bertz CT molecular complexity index is 466. The van der Waals surface area contributed by atoms with Crippen molar-refractivity contribution in [1.82, 2.24) is 9.47 Å². The van der Waals surface area contributed by atoms with Crippen molar-refractivity contribution in [3.05, 3.63) is 24.0 Å². The van der Waals surface area contributed by atoms with Crippen molar-refractivity contribution in [3.63, 3.8) is 0 Å². The molecule has 0 aromatic carbocycles. The summed E-state index contributed by atoms with van der Waals surface area (Å²) in [7, 11) is 1.60. The predicted octanol–water partition coefficient (Wildman–Crippen LogP) is 1.85. The summed E-state index contributed by atoms with van der Waals surface area (Å²) in [6.07, 6.45) is 3.34. The highest BCUT2D eigenvalue weighted by Gasteiger charge is 2.22. The van der Waals surface area contributed by atoms with E-state index in [1.807, 2.05) is 13.8 Å². The van der Waals surface area contributed by atoms with Gasteiger partial charge in [-0.1, -0.05) is 13.8 Å². The van der Waals surface area contributed by atoms with Gasteiger partial charge in [-0.3, -0.25) is 4.79 Å². The van der Waals surface area contributed by atoms with Crippen molar-refractivity contribution in [2.24, 2.45) is 0 Å². The molecule has 0 spiro atoms. The van der Waals surface area contributed by atoms with Crippen LogP contribution in [0.1, 0.15) is 37.2 Å². The summed E-state index contributed by atoms with van der Waals surface area (Å²) in [4.78, 5) is 25.4. The molecule has 1 heterocycles. The maximum absolute atomic E-state index is 12.5. The minimum atomic E-state index is -1.03. The van der Waals surface area contributed by atoms with E-state index in [2.05, 4.69) is 0 Å². The third-order valence-electron chi connectivity index (χ3n) is 3.59. The number of carbonyl (C=O) groups is 2. The number of methoxy groups -OCH3 is 1. The van der Waals surface area contributed by atoms with Crippen LogP contribution in [-0.2, 0) is 16.1 Å². The molecule has 1 rings (SSSR count). The second-order valence-electron chi connectivity index (χ2n) is 4.88. The van der Waals surface area contributed by atoms with Crippen molar-refractivity contribution >= 4 is 11.9 Å². The van der Waals surface area contributed by atoms with Gasteiger partial charge in [-0.15, -0.1) is 0 Å². The van der Waals surface area contributed by atoms with Crippen LogP contribution in [-0.4, -0.2) is 52.8 Å². The standard InChI is InChI=1S/C15H24N2O4/c1-4-12(5-2)17(9-10-21-3)14(18)11-16-8-6-7-13(16)15(19)20/h6-8,12H,4-5,9-11H2,1-3H3,(H,19,20). The molecule has 0 radical (unpaired) electrons. The summed E-state index contributed by atoms with van der Waals surface area (Å²) in [6.45, 7) is 5.11. The van der Waals surface area contributed by atoms with E-state index < -0.39 is 5.97 Å². The van der Waals surface area contributed by atoms with E-state index in [0.717, 1.165) is 12.8 Å². The van der Waals surface area contributed by atoms with Gasteiger partial charge in [-0.2, -0.15) is 0 Å². The second kappa shape index (κ2) is 8.46. The summed E-state index contributed by atoms with van der Waals surface area (Å²) >= 11 is 0. The van der Waals surface area contributed by atoms with E-state index in [4.69, 9.17) is 9.84 Å². The summed E-state index contributed by atoms with van der Waals surface area (Å²) in [5.74, 6) is -1.11. The van der Waals surface area contributed by atoms with Gasteiger partial charge in [0, 0.05) is 25.9 Å². The van der Waals surface area contributed by atoms with Crippen molar-refractivity contribution in [3.8, 4) is 0 Å². The summed E-state index contributed by atoms with van der Waals surface area (Å²) < 4.78 is 6.53. The Labute approximate surface area is 125 Å². The molecule has 1 aromatic heterocycles. The number of carboxylic acids is 1. The molecule has 0 bridgehead atoms. The van der Waals surface area contributed by atoms with Crippen molar-refractivity contribution in [2.75, 3.05) is 20.3 Å². The Morgan fingerprint density at radius 2 is 2.05 bits per heavy atom. The Balaban J connectivity index is 2.84. The summed E-state index contributed by atoms with van der Waals surface area (Å²) in [5, 5.41) is 9.08. The molecule has 0 saturated heterocycles. The normalized spacial score (nSPS) is 10.9. The molecule has 0 unspecified atom stereocenters. The number of amides is 1.